The monoisotopic (exact) mass is 524 g/mol. The highest BCUT2D eigenvalue weighted by atomic mass is 32.2. The van der Waals surface area contributed by atoms with Crippen molar-refractivity contribution >= 4 is 21.2 Å². The summed E-state index contributed by atoms with van der Waals surface area (Å²) in [5, 5.41) is 6.75. The van der Waals surface area contributed by atoms with Gasteiger partial charge in [-0.25, -0.2) is 23.9 Å². The number of ether oxygens (including phenoxy) is 2. The summed E-state index contributed by atoms with van der Waals surface area (Å²) in [4.78, 5) is 11.4. The second-order valence-corrected chi connectivity index (χ2v) is 10.8. The molecule has 0 aliphatic carbocycles. The second-order valence-electron chi connectivity index (χ2n) is 8.71. The van der Waals surface area contributed by atoms with Crippen molar-refractivity contribution in [2.75, 3.05) is 50.5 Å². The van der Waals surface area contributed by atoms with Crippen LogP contribution in [0.5, 0.6) is 5.75 Å². The zero-order chi connectivity index (χ0) is 26.1. The third kappa shape index (κ3) is 7.31. The molecule has 0 bridgehead atoms. The van der Waals surface area contributed by atoms with Crippen LogP contribution in [0.3, 0.4) is 0 Å². The maximum Gasteiger partial charge on any atom is 0.178 e. The van der Waals surface area contributed by atoms with Gasteiger partial charge >= 0.3 is 0 Å². The molecule has 2 heterocycles. The first-order valence-corrected chi connectivity index (χ1v) is 14.0. The number of aromatic nitrogens is 2. The highest BCUT2D eigenvalue weighted by Gasteiger charge is 2.16. The minimum absolute atomic E-state index is 0.0730. The number of anilines is 1. The van der Waals surface area contributed by atoms with Crippen molar-refractivity contribution < 1.29 is 17.9 Å². The summed E-state index contributed by atoms with van der Waals surface area (Å²) in [6, 6.07) is 12.4. The molecule has 1 aliphatic rings. The van der Waals surface area contributed by atoms with Crippen molar-refractivity contribution in [2.24, 2.45) is 5.11 Å². The van der Waals surface area contributed by atoms with E-state index in [4.69, 9.17) is 15.0 Å². The molecule has 11 heteroatoms. The predicted molar refractivity (Wildman–Crippen MR) is 141 cm³/mol. The van der Waals surface area contributed by atoms with Gasteiger partial charge in [0.2, 0.25) is 0 Å². The fraction of sp³-hybridized carbons (Fsp3) is 0.385. The standard InChI is InChI=1S/C26H32N6O4S/c1-2-14-37(33,34)23-6-7-24(31-27)25(16-23)28-17-20-4-3-5-21(15-20)26-29-18-22(19-30-26)36-13-10-32-8-11-35-12-9-32/h3-7,15-16,18-19,27-28H,2,8-14,17H2,1H3. The average Bonchev–Trinajstić information content (AvgIpc) is 2.93. The minimum atomic E-state index is -3.38. The number of rotatable bonds is 12. The number of hydrogen-bond donors (Lipinski definition) is 2. The molecule has 3 aromatic rings. The van der Waals surface area contributed by atoms with Gasteiger partial charge < -0.3 is 14.8 Å². The Labute approximate surface area is 217 Å². The van der Waals surface area contributed by atoms with Crippen LogP contribution in [0.15, 0.2) is 64.9 Å². The zero-order valence-electron chi connectivity index (χ0n) is 20.9. The van der Waals surface area contributed by atoms with E-state index >= 15 is 0 Å². The smallest absolute Gasteiger partial charge is 0.178 e. The first-order valence-electron chi connectivity index (χ1n) is 12.3. The van der Waals surface area contributed by atoms with Gasteiger partial charge in [0, 0.05) is 31.7 Å². The number of sulfone groups is 1. The fourth-order valence-corrected chi connectivity index (χ4v) is 5.36. The van der Waals surface area contributed by atoms with E-state index in [1.165, 1.54) is 6.07 Å². The molecule has 0 saturated carbocycles. The van der Waals surface area contributed by atoms with Crippen LogP contribution >= 0.6 is 0 Å². The molecule has 0 atom stereocenters. The van der Waals surface area contributed by atoms with Crippen LogP contribution in [-0.4, -0.2) is 68.5 Å². The van der Waals surface area contributed by atoms with Crippen molar-refractivity contribution in [3.63, 3.8) is 0 Å². The summed E-state index contributed by atoms with van der Waals surface area (Å²) in [6.07, 6.45) is 3.89. The van der Waals surface area contributed by atoms with Gasteiger partial charge in [0.25, 0.3) is 0 Å². The molecule has 2 N–H and O–H groups in total. The molecule has 1 aliphatic heterocycles. The van der Waals surface area contributed by atoms with Crippen molar-refractivity contribution in [2.45, 2.75) is 24.8 Å². The van der Waals surface area contributed by atoms with Gasteiger partial charge in [-0.05, 0) is 36.2 Å². The van der Waals surface area contributed by atoms with E-state index in [0.29, 0.717) is 42.5 Å². The normalized spacial score (nSPS) is 14.3. The molecule has 1 aromatic heterocycles. The molecule has 0 amide bonds. The summed E-state index contributed by atoms with van der Waals surface area (Å²) in [6.45, 7) is 7.02. The van der Waals surface area contributed by atoms with Crippen LogP contribution in [0.2, 0.25) is 0 Å². The Morgan fingerprint density at radius 3 is 2.65 bits per heavy atom. The lowest BCUT2D eigenvalue weighted by Crippen LogP contribution is -2.38. The molecule has 0 unspecified atom stereocenters. The summed E-state index contributed by atoms with van der Waals surface area (Å²) in [5.74, 6) is 1.28. The summed E-state index contributed by atoms with van der Waals surface area (Å²) < 4.78 is 36.1. The van der Waals surface area contributed by atoms with Gasteiger partial charge in [-0.2, -0.15) is 5.11 Å². The van der Waals surface area contributed by atoms with Gasteiger partial charge in [0.05, 0.1) is 41.9 Å². The van der Waals surface area contributed by atoms with Crippen LogP contribution < -0.4 is 10.1 Å². The molecular weight excluding hydrogens is 492 g/mol. The van der Waals surface area contributed by atoms with E-state index in [-0.39, 0.29) is 10.6 Å². The molecule has 0 spiro atoms. The summed E-state index contributed by atoms with van der Waals surface area (Å²) in [5.41, 5.74) is 10.1. The number of morpholine rings is 1. The highest BCUT2D eigenvalue weighted by Crippen LogP contribution is 2.29. The van der Waals surface area contributed by atoms with Crippen LogP contribution in [0.1, 0.15) is 18.9 Å². The summed E-state index contributed by atoms with van der Waals surface area (Å²) in [7, 11) is -3.38. The van der Waals surface area contributed by atoms with Crippen LogP contribution in [0.25, 0.3) is 11.4 Å². The minimum Gasteiger partial charge on any atom is -0.489 e. The lowest BCUT2D eigenvalue weighted by molar-refractivity contribution is 0.0322. The Hall–Kier alpha value is -3.41. The molecule has 2 aromatic carbocycles. The van der Waals surface area contributed by atoms with Crippen LogP contribution in [0, 0.1) is 5.53 Å². The molecule has 1 saturated heterocycles. The second kappa shape index (κ2) is 12.7. The zero-order valence-corrected chi connectivity index (χ0v) is 21.7. The lowest BCUT2D eigenvalue weighted by Gasteiger charge is -2.26. The first-order chi connectivity index (χ1) is 18.0. The number of hydrogen-bond acceptors (Lipinski definition) is 10. The molecule has 37 heavy (non-hydrogen) atoms. The fourth-order valence-electron chi connectivity index (χ4n) is 4.01. The van der Waals surface area contributed by atoms with E-state index in [1.807, 2.05) is 31.2 Å². The highest BCUT2D eigenvalue weighted by molar-refractivity contribution is 7.91. The van der Waals surface area contributed by atoms with Crippen LogP contribution in [-0.2, 0) is 21.1 Å². The predicted octanol–water partition coefficient (Wildman–Crippen LogP) is 4.31. The van der Waals surface area contributed by atoms with E-state index in [1.54, 1.807) is 24.5 Å². The third-order valence-corrected chi connectivity index (χ3v) is 7.91. The topological polar surface area (TPSA) is 130 Å². The maximum absolute atomic E-state index is 12.5. The van der Waals surface area contributed by atoms with Crippen molar-refractivity contribution in [3.8, 4) is 17.1 Å². The van der Waals surface area contributed by atoms with Gasteiger partial charge in [0.1, 0.15) is 12.3 Å². The van der Waals surface area contributed by atoms with Crippen LogP contribution in [0.4, 0.5) is 11.4 Å². The number of nitrogens with one attached hydrogen (secondary N) is 2. The van der Waals surface area contributed by atoms with Gasteiger partial charge in [0.15, 0.2) is 21.4 Å². The largest absolute Gasteiger partial charge is 0.489 e. The molecule has 196 valence electrons. The molecule has 1 fully saturated rings. The molecular formula is C26H32N6O4S. The van der Waals surface area contributed by atoms with Gasteiger partial charge in [-0.3, -0.25) is 4.90 Å². The maximum atomic E-state index is 12.5. The quantitative estimate of drug-likeness (QED) is 0.335. The van der Waals surface area contributed by atoms with Gasteiger partial charge in [-0.1, -0.05) is 25.1 Å². The molecule has 0 radical (unpaired) electrons. The van der Waals surface area contributed by atoms with Gasteiger partial charge in [-0.15, -0.1) is 0 Å². The average molecular weight is 525 g/mol. The first kappa shape index (κ1) is 26.6. The Bertz CT molecular complexity index is 1290. The van der Waals surface area contributed by atoms with Crippen molar-refractivity contribution in [1.82, 2.24) is 14.9 Å². The van der Waals surface area contributed by atoms with Crippen molar-refractivity contribution in [3.05, 3.63) is 60.4 Å². The van der Waals surface area contributed by atoms with E-state index in [9.17, 15) is 8.42 Å². The van der Waals surface area contributed by atoms with E-state index in [2.05, 4.69) is 25.3 Å². The number of nitrogens with zero attached hydrogens (tertiary/aromatic N) is 4. The Morgan fingerprint density at radius 1 is 1.14 bits per heavy atom. The Kier molecular flexibility index (Phi) is 9.15. The SMILES string of the molecule is CCCS(=O)(=O)c1ccc(N=N)c(NCc2cccc(-c3ncc(OCCN4CCOCC4)cn3)c2)c1. The van der Waals surface area contributed by atoms with E-state index in [0.717, 1.165) is 44.0 Å². The number of benzene rings is 2. The lowest BCUT2D eigenvalue weighted by atomic mass is 10.1. The Balaban J connectivity index is 1.38. The Morgan fingerprint density at radius 2 is 1.92 bits per heavy atom. The van der Waals surface area contributed by atoms with Crippen molar-refractivity contribution in [1.29, 1.82) is 5.53 Å². The molecule has 10 nitrogen and oxygen atoms in total. The summed E-state index contributed by atoms with van der Waals surface area (Å²) >= 11 is 0. The molecule has 4 rings (SSSR count). The third-order valence-electron chi connectivity index (χ3n) is 6.00. The van der Waals surface area contributed by atoms with E-state index < -0.39 is 9.84 Å².